The molecule has 0 heterocycles. The molecule has 0 saturated carbocycles. The Kier molecular flexibility index (Phi) is 4.88. The lowest BCUT2D eigenvalue weighted by Gasteiger charge is -2.08. The maximum absolute atomic E-state index is 9.06. The molecule has 0 bridgehead atoms. The van der Waals surface area contributed by atoms with Gasteiger partial charge < -0.3 is 15.2 Å². The number of benzene rings is 1. The molecule has 1 aromatic carbocycles. The third kappa shape index (κ3) is 4.08. The van der Waals surface area contributed by atoms with E-state index in [4.69, 9.17) is 21.4 Å². The first-order valence-corrected chi connectivity index (χ1v) is 5.22. The number of aliphatic hydroxyl groups excluding tert-OH is 1. The van der Waals surface area contributed by atoms with Crippen LogP contribution in [0.5, 0.6) is 5.75 Å². The van der Waals surface area contributed by atoms with Crippen LogP contribution in [-0.4, -0.2) is 24.9 Å². The van der Waals surface area contributed by atoms with Crippen molar-refractivity contribution in [1.29, 1.82) is 0 Å². The number of hydrogen-bond donors (Lipinski definition) is 2. The zero-order valence-corrected chi connectivity index (χ0v) is 9.71. The van der Waals surface area contributed by atoms with E-state index >= 15 is 0 Å². The highest BCUT2D eigenvalue weighted by Gasteiger charge is 2.01. The fraction of sp³-hybridized carbons (Fsp3) is 0.455. The summed E-state index contributed by atoms with van der Waals surface area (Å²) in [5, 5.41) is 12.8. The quantitative estimate of drug-likeness (QED) is 0.810. The van der Waals surface area contributed by atoms with E-state index in [9.17, 15) is 0 Å². The van der Waals surface area contributed by atoms with E-state index < -0.39 is 0 Å². The summed E-state index contributed by atoms with van der Waals surface area (Å²) in [6.45, 7) is 3.01. The first-order valence-electron chi connectivity index (χ1n) is 4.84. The summed E-state index contributed by atoms with van der Waals surface area (Å²) >= 11 is 5.97. The van der Waals surface area contributed by atoms with Gasteiger partial charge in [0.15, 0.2) is 0 Å². The van der Waals surface area contributed by atoms with Crippen LogP contribution in [-0.2, 0) is 6.54 Å². The lowest BCUT2D eigenvalue weighted by Crippen LogP contribution is -2.23. The van der Waals surface area contributed by atoms with Gasteiger partial charge >= 0.3 is 0 Å². The van der Waals surface area contributed by atoms with Crippen molar-refractivity contribution in [3.63, 3.8) is 0 Å². The molecule has 0 aliphatic carbocycles. The Balaban J connectivity index is 2.52. The van der Waals surface area contributed by atoms with Crippen LogP contribution in [0.25, 0.3) is 0 Å². The van der Waals surface area contributed by atoms with E-state index in [2.05, 4.69) is 5.32 Å². The van der Waals surface area contributed by atoms with E-state index in [1.807, 2.05) is 18.2 Å². The van der Waals surface area contributed by atoms with Gasteiger partial charge in [0.1, 0.15) is 5.75 Å². The van der Waals surface area contributed by atoms with Crippen LogP contribution >= 0.6 is 11.6 Å². The minimum absolute atomic E-state index is 0.335. The highest BCUT2D eigenvalue weighted by molar-refractivity contribution is 6.32. The number of ether oxygens (including phenoxy) is 1. The van der Waals surface area contributed by atoms with Crippen LogP contribution in [0.3, 0.4) is 0 Å². The van der Waals surface area contributed by atoms with Crippen molar-refractivity contribution in [3.8, 4) is 5.75 Å². The van der Waals surface area contributed by atoms with Gasteiger partial charge in [-0.15, -0.1) is 0 Å². The summed E-state index contributed by atoms with van der Waals surface area (Å²) in [7, 11) is 1.59. The monoisotopic (exact) mass is 229 g/mol. The fourth-order valence-corrected chi connectivity index (χ4v) is 1.53. The molecule has 0 radical (unpaired) electrons. The number of halogens is 1. The molecule has 4 heteroatoms. The van der Waals surface area contributed by atoms with Gasteiger partial charge in [0.05, 0.1) is 18.2 Å². The standard InChI is InChI=1S/C11H16ClNO2/c1-8(14)6-13-7-9-3-4-11(15-2)10(12)5-9/h3-5,8,13-14H,6-7H2,1-2H3/t8-/m0/s1. The minimum atomic E-state index is -0.335. The maximum Gasteiger partial charge on any atom is 0.137 e. The molecule has 0 unspecified atom stereocenters. The molecule has 0 spiro atoms. The Labute approximate surface area is 95.0 Å². The van der Waals surface area contributed by atoms with E-state index in [1.165, 1.54) is 0 Å². The third-order valence-electron chi connectivity index (χ3n) is 1.99. The van der Waals surface area contributed by atoms with Gasteiger partial charge in [-0.2, -0.15) is 0 Å². The first kappa shape index (κ1) is 12.3. The van der Waals surface area contributed by atoms with Crippen LogP contribution in [0, 0.1) is 0 Å². The molecule has 1 atom stereocenters. The van der Waals surface area contributed by atoms with Gasteiger partial charge in [-0.25, -0.2) is 0 Å². The van der Waals surface area contributed by atoms with E-state index in [0.29, 0.717) is 23.9 Å². The normalized spacial score (nSPS) is 12.5. The minimum Gasteiger partial charge on any atom is -0.495 e. The van der Waals surface area contributed by atoms with Crippen molar-refractivity contribution in [1.82, 2.24) is 5.32 Å². The van der Waals surface area contributed by atoms with Crippen LogP contribution in [0.1, 0.15) is 12.5 Å². The van der Waals surface area contributed by atoms with Crippen LogP contribution < -0.4 is 10.1 Å². The summed E-state index contributed by atoms with van der Waals surface area (Å²) < 4.78 is 5.05. The van der Waals surface area contributed by atoms with Gasteiger partial charge in [-0.05, 0) is 24.6 Å². The zero-order valence-electron chi connectivity index (χ0n) is 8.96. The average Bonchev–Trinajstić information content (AvgIpc) is 2.17. The van der Waals surface area contributed by atoms with Crippen molar-refractivity contribution in [2.75, 3.05) is 13.7 Å². The number of hydrogen-bond acceptors (Lipinski definition) is 3. The summed E-state index contributed by atoms with van der Waals surface area (Å²) in [5.41, 5.74) is 1.07. The predicted molar refractivity (Wildman–Crippen MR) is 61.4 cm³/mol. The predicted octanol–water partition coefficient (Wildman–Crippen LogP) is 1.82. The van der Waals surface area contributed by atoms with Gasteiger partial charge in [0, 0.05) is 13.1 Å². The van der Waals surface area contributed by atoms with E-state index in [0.717, 1.165) is 5.56 Å². The summed E-state index contributed by atoms with van der Waals surface area (Å²) in [6, 6.07) is 5.64. The lowest BCUT2D eigenvalue weighted by atomic mass is 10.2. The molecule has 0 fully saturated rings. The van der Waals surface area contributed by atoms with Crippen LogP contribution in [0.15, 0.2) is 18.2 Å². The molecule has 1 aromatic rings. The van der Waals surface area contributed by atoms with Gasteiger partial charge in [0.2, 0.25) is 0 Å². The lowest BCUT2D eigenvalue weighted by molar-refractivity contribution is 0.191. The Morgan fingerprint density at radius 1 is 1.53 bits per heavy atom. The topological polar surface area (TPSA) is 41.5 Å². The summed E-state index contributed by atoms with van der Waals surface area (Å²) in [6.07, 6.45) is -0.335. The SMILES string of the molecule is COc1ccc(CNC[C@H](C)O)cc1Cl. The van der Waals surface area contributed by atoms with Crippen molar-refractivity contribution in [2.45, 2.75) is 19.6 Å². The third-order valence-corrected chi connectivity index (χ3v) is 2.28. The fourth-order valence-electron chi connectivity index (χ4n) is 1.25. The van der Waals surface area contributed by atoms with Crippen LogP contribution in [0.2, 0.25) is 5.02 Å². The molecule has 0 aliphatic heterocycles. The Morgan fingerprint density at radius 2 is 2.27 bits per heavy atom. The van der Waals surface area contributed by atoms with Gasteiger partial charge in [-0.1, -0.05) is 17.7 Å². The molecular weight excluding hydrogens is 214 g/mol. The molecule has 0 amide bonds. The van der Waals surface area contributed by atoms with Crippen molar-refractivity contribution < 1.29 is 9.84 Å². The second-order valence-corrected chi connectivity index (χ2v) is 3.86. The highest BCUT2D eigenvalue weighted by atomic mass is 35.5. The molecule has 2 N–H and O–H groups in total. The number of rotatable bonds is 5. The molecule has 84 valence electrons. The summed E-state index contributed by atoms with van der Waals surface area (Å²) in [4.78, 5) is 0. The molecule has 0 saturated heterocycles. The molecular formula is C11H16ClNO2. The molecule has 0 aliphatic rings. The van der Waals surface area contributed by atoms with Crippen molar-refractivity contribution in [3.05, 3.63) is 28.8 Å². The highest BCUT2D eigenvalue weighted by Crippen LogP contribution is 2.24. The maximum atomic E-state index is 9.06. The second kappa shape index (κ2) is 5.95. The average molecular weight is 230 g/mol. The number of nitrogens with one attached hydrogen (secondary N) is 1. The summed E-state index contributed by atoms with van der Waals surface area (Å²) in [5.74, 6) is 0.677. The first-order chi connectivity index (χ1) is 7.13. The molecule has 1 rings (SSSR count). The Morgan fingerprint density at radius 3 is 2.80 bits per heavy atom. The van der Waals surface area contributed by atoms with Crippen molar-refractivity contribution >= 4 is 11.6 Å². The largest absolute Gasteiger partial charge is 0.495 e. The smallest absolute Gasteiger partial charge is 0.137 e. The Bertz CT molecular complexity index is 315. The Hall–Kier alpha value is -0.770. The van der Waals surface area contributed by atoms with E-state index in [-0.39, 0.29) is 6.10 Å². The van der Waals surface area contributed by atoms with Gasteiger partial charge in [-0.3, -0.25) is 0 Å². The number of aliphatic hydroxyl groups is 1. The zero-order chi connectivity index (χ0) is 11.3. The number of methoxy groups -OCH3 is 1. The van der Waals surface area contributed by atoms with Crippen molar-refractivity contribution in [2.24, 2.45) is 0 Å². The molecule has 15 heavy (non-hydrogen) atoms. The molecule has 0 aromatic heterocycles. The second-order valence-electron chi connectivity index (χ2n) is 3.45. The van der Waals surface area contributed by atoms with E-state index in [1.54, 1.807) is 14.0 Å². The van der Waals surface area contributed by atoms with Crippen LogP contribution in [0.4, 0.5) is 0 Å². The van der Waals surface area contributed by atoms with Gasteiger partial charge in [0.25, 0.3) is 0 Å². The molecule has 3 nitrogen and oxygen atoms in total.